The molecule has 17 heavy (non-hydrogen) atoms. The van der Waals surface area contributed by atoms with Gasteiger partial charge in [-0.3, -0.25) is 4.79 Å². The Hall–Kier alpha value is -1.35. The summed E-state index contributed by atoms with van der Waals surface area (Å²) in [5, 5.41) is 0. The van der Waals surface area contributed by atoms with Crippen LogP contribution < -0.4 is 0 Å². The van der Waals surface area contributed by atoms with Gasteiger partial charge in [0, 0.05) is 20.7 Å². The van der Waals surface area contributed by atoms with Crippen molar-refractivity contribution in [2.45, 2.75) is 33.4 Å². The molecule has 3 heteroatoms. The highest BCUT2D eigenvalue weighted by molar-refractivity contribution is 5.80. The van der Waals surface area contributed by atoms with Crippen molar-refractivity contribution in [2.24, 2.45) is 0 Å². The predicted molar refractivity (Wildman–Crippen MR) is 68.9 cm³/mol. The minimum absolute atomic E-state index is 0.00692. The number of hydrogen-bond acceptors (Lipinski definition) is 2. The van der Waals surface area contributed by atoms with Gasteiger partial charge in [-0.25, -0.2) is 0 Å². The van der Waals surface area contributed by atoms with E-state index < -0.39 is 0 Å². The van der Waals surface area contributed by atoms with Crippen LogP contribution in [0.1, 0.15) is 23.6 Å². The number of benzene rings is 1. The highest BCUT2D eigenvalue weighted by Gasteiger charge is 2.17. The zero-order valence-corrected chi connectivity index (χ0v) is 11.3. The normalized spacial score (nSPS) is 12.3. The zero-order valence-electron chi connectivity index (χ0n) is 11.3. The Kier molecular flexibility index (Phi) is 4.70. The number of carbonyl (C=O) groups excluding carboxylic acids is 1. The summed E-state index contributed by atoms with van der Waals surface area (Å²) in [4.78, 5) is 13.6. The van der Waals surface area contributed by atoms with Crippen molar-refractivity contribution >= 4 is 5.91 Å². The van der Waals surface area contributed by atoms with E-state index in [0.29, 0.717) is 6.54 Å². The fourth-order valence-corrected chi connectivity index (χ4v) is 1.77. The van der Waals surface area contributed by atoms with Crippen molar-refractivity contribution in [2.75, 3.05) is 14.2 Å². The lowest BCUT2D eigenvalue weighted by molar-refractivity contribution is -0.140. The molecule has 0 saturated carbocycles. The van der Waals surface area contributed by atoms with Gasteiger partial charge in [0.2, 0.25) is 0 Å². The molecule has 1 amide bonds. The second-order valence-electron chi connectivity index (χ2n) is 4.50. The fraction of sp³-hybridized carbons (Fsp3) is 0.500. The number of amides is 1. The van der Waals surface area contributed by atoms with Crippen molar-refractivity contribution in [1.29, 1.82) is 0 Å². The van der Waals surface area contributed by atoms with Crippen LogP contribution in [0.4, 0.5) is 0 Å². The largest absolute Gasteiger partial charge is 0.372 e. The molecule has 0 aliphatic heterocycles. The Morgan fingerprint density at radius 2 is 2.06 bits per heavy atom. The van der Waals surface area contributed by atoms with E-state index in [1.165, 1.54) is 16.7 Å². The lowest BCUT2D eigenvalue weighted by Gasteiger charge is -2.21. The summed E-state index contributed by atoms with van der Waals surface area (Å²) in [6.07, 6.45) is -0.384. The number of likely N-dealkylation sites (N-methyl/N-ethyl adjacent to an activating group) is 1. The molecule has 0 aliphatic rings. The first-order valence-electron chi connectivity index (χ1n) is 5.79. The van der Waals surface area contributed by atoms with Gasteiger partial charge in [-0.2, -0.15) is 0 Å². The lowest BCUT2D eigenvalue weighted by Crippen LogP contribution is -2.35. The summed E-state index contributed by atoms with van der Waals surface area (Å²) in [6, 6.07) is 6.28. The van der Waals surface area contributed by atoms with E-state index in [4.69, 9.17) is 4.74 Å². The van der Waals surface area contributed by atoms with Crippen LogP contribution in [-0.4, -0.2) is 31.1 Å². The zero-order chi connectivity index (χ0) is 13.0. The number of aryl methyl sites for hydroxylation is 2. The van der Waals surface area contributed by atoms with Crippen LogP contribution in [0.25, 0.3) is 0 Å². The highest BCUT2D eigenvalue weighted by atomic mass is 16.5. The van der Waals surface area contributed by atoms with Crippen molar-refractivity contribution < 1.29 is 9.53 Å². The van der Waals surface area contributed by atoms with Gasteiger partial charge >= 0.3 is 0 Å². The highest BCUT2D eigenvalue weighted by Crippen LogP contribution is 2.13. The molecule has 0 N–H and O–H groups in total. The average Bonchev–Trinajstić information content (AvgIpc) is 2.30. The van der Waals surface area contributed by atoms with Crippen LogP contribution in [-0.2, 0) is 16.1 Å². The van der Waals surface area contributed by atoms with Crippen LogP contribution in [0.5, 0.6) is 0 Å². The number of methoxy groups -OCH3 is 1. The maximum atomic E-state index is 11.9. The van der Waals surface area contributed by atoms with E-state index in [9.17, 15) is 4.79 Å². The monoisotopic (exact) mass is 235 g/mol. The maximum Gasteiger partial charge on any atom is 0.251 e. The Bertz CT molecular complexity index is 401. The SMILES string of the molecule is COC(C)C(=O)N(C)Cc1ccc(C)cc1C. The van der Waals surface area contributed by atoms with Gasteiger partial charge in [0.25, 0.3) is 5.91 Å². The molecule has 1 rings (SSSR count). The van der Waals surface area contributed by atoms with E-state index >= 15 is 0 Å². The van der Waals surface area contributed by atoms with Gasteiger partial charge in [0.05, 0.1) is 0 Å². The lowest BCUT2D eigenvalue weighted by atomic mass is 10.1. The smallest absolute Gasteiger partial charge is 0.251 e. The van der Waals surface area contributed by atoms with Gasteiger partial charge in [0.1, 0.15) is 6.10 Å². The van der Waals surface area contributed by atoms with Crippen molar-refractivity contribution in [3.05, 3.63) is 34.9 Å². The number of nitrogens with zero attached hydrogens (tertiary/aromatic N) is 1. The van der Waals surface area contributed by atoms with E-state index in [1.807, 2.05) is 0 Å². The number of hydrogen-bond donors (Lipinski definition) is 0. The number of rotatable bonds is 4. The molecule has 0 aliphatic carbocycles. The first-order valence-corrected chi connectivity index (χ1v) is 5.79. The Balaban J connectivity index is 2.74. The van der Waals surface area contributed by atoms with Crippen molar-refractivity contribution in [3.63, 3.8) is 0 Å². The molecule has 1 atom stereocenters. The van der Waals surface area contributed by atoms with E-state index in [0.717, 1.165) is 0 Å². The number of carbonyl (C=O) groups is 1. The third-order valence-corrected chi connectivity index (χ3v) is 2.98. The van der Waals surface area contributed by atoms with Gasteiger partial charge in [-0.05, 0) is 31.9 Å². The summed E-state index contributed by atoms with van der Waals surface area (Å²) in [5.41, 5.74) is 3.63. The third-order valence-electron chi connectivity index (χ3n) is 2.98. The summed E-state index contributed by atoms with van der Waals surface area (Å²) in [7, 11) is 3.35. The molecule has 0 fully saturated rings. The summed E-state index contributed by atoms with van der Waals surface area (Å²) in [6.45, 7) is 6.53. The molecule has 1 aromatic rings. The molecule has 0 saturated heterocycles. The Morgan fingerprint density at radius 3 is 2.59 bits per heavy atom. The molecular weight excluding hydrogens is 214 g/mol. The second-order valence-corrected chi connectivity index (χ2v) is 4.50. The van der Waals surface area contributed by atoms with Crippen LogP contribution in [0.15, 0.2) is 18.2 Å². The van der Waals surface area contributed by atoms with E-state index in [-0.39, 0.29) is 12.0 Å². The molecule has 0 aromatic heterocycles. The molecule has 0 spiro atoms. The molecular formula is C14H21NO2. The standard InChI is InChI=1S/C14H21NO2/c1-10-6-7-13(11(2)8-10)9-15(4)14(16)12(3)17-5/h6-8,12H,9H2,1-5H3. The van der Waals surface area contributed by atoms with Crippen LogP contribution in [0.3, 0.4) is 0 Å². The fourth-order valence-electron chi connectivity index (χ4n) is 1.77. The maximum absolute atomic E-state index is 11.9. The first-order chi connectivity index (χ1) is 7.95. The van der Waals surface area contributed by atoms with Crippen molar-refractivity contribution in [3.8, 4) is 0 Å². The third kappa shape index (κ3) is 3.56. The molecule has 0 radical (unpaired) electrons. The summed E-state index contributed by atoms with van der Waals surface area (Å²) < 4.78 is 5.03. The van der Waals surface area contributed by atoms with Gasteiger partial charge < -0.3 is 9.64 Å². The number of ether oxygens (including phenoxy) is 1. The molecule has 3 nitrogen and oxygen atoms in total. The van der Waals surface area contributed by atoms with E-state index in [2.05, 4.69) is 32.0 Å². The predicted octanol–water partition coefficient (Wildman–Crippen LogP) is 2.30. The average molecular weight is 235 g/mol. The minimum Gasteiger partial charge on any atom is -0.372 e. The van der Waals surface area contributed by atoms with Crippen LogP contribution in [0, 0.1) is 13.8 Å². The molecule has 1 aromatic carbocycles. The quantitative estimate of drug-likeness (QED) is 0.801. The minimum atomic E-state index is -0.384. The molecule has 0 heterocycles. The van der Waals surface area contributed by atoms with Gasteiger partial charge in [0.15, 0.2) is 0 Å². The molecule has 94 valence electrons. The second kappa shape index (κ2) is 5.82. The summed E-state index contributed by atoms with van der Waals surface area (Å²) >= 11 is 0. The van der Waals surface area contributed by atoms with E-state index in [1.54, 1.807) is 26.0 Å². The first kappa shape index (κ1) is 13.7. The molecule has 1 unspecified atom stereocenters. The van der Waals surface area contributed by atoms with Gasteiger partial charge in [-0.15, -0.1) is 0 Å². The van der Waals surface area contributed by atoms with Crippen molar-refractivity contribution in [1.82, 2.24) is 4.90 Å². The van der Waals surface area contributed by atoms with Crippen LogP contribution in [0.2, 0.25) is 0 Å². The molecule has 0 bridgehead atoms. The Morgan fingerprint density at radius 1 is 1.41 bits per heavy atom. The van der Waals surface area contributed by atoms with Gasteiger partial charge in [-0.1, -0.05) is 23.8 Å². The summed E-state index contributed by atoms with van der Waals surface area (Å²) in [5.74, 6) is 0.00692. The Labute approximate surface area is 103 Å². The van der Waals surface area contributed by atoms with Crippen LogP contribution >= 0.6 is 0 Å². The topological polar surface area (TPSA) is 29.5 Å².